The molecule has 1 aromatic carbocycles. The third-order valence-electron chi connectivity index (χ3n) is 6.39. The van der Waals surface area contributed by atoms with E-state index in [4.69, 9.17) is 14.2 Å². The summed E-state index contributed by atoms with van der Waals surface area (Å²) in [5, 5.41) is 0. The lowest BCUT2D eigenvalue weighted by Crippen LogP contribution is -2.28. The van der Waals surface area contributed by atoms with Crippen molar-refractivity contribution in [2.45, 2.75) is 65.0 Å². The van der Waals surface area contributed by atoms with Crippen LogP contribution < -0.4 is 14.9 Å². The molecule has 1 saturated carbocycles. The SMILES string of the molecule is CCOC(=O)c1cn2c(cc1=O)-c1cc(OC)c(OC3CCCC3)cc1C[C@H]2C(C)C. The zero-order valence-electron chi connectivity index (χ0n) is 18.8. The molecule has 2 aromatic rings. The lowest BCUT2D eigenvalue weighted by atomic mass is 9.87. The molecule has 31 heavy (non-hydrogen) atoms. The fourth-order valence-corrected chi connectivity index (χ4v) is 4.73. The molecule has 166 valence electrons. The van der Waals surface area contributed by atoms with Gasteiger partial charge in [-0.15, -0.1) is 0 Å². The van der Waals surface area contributed by atoms with Crippen LogP contribution in [0.3, 0.4) is 0 Å². The summed E-state index contributed by atoms with van der Waals surface area (Å²) in [5.74, 6) is 1.18. The second-order valence-corrected chi connectivity index (χ2v) is 8.76. The number of ether oxygens (including phenoxy) is 3. The molecule has 0 saturated heterocycles. The Morgan fingerprint density at radius 2 is 1.90 bits per heavy atom. The van der Waals surface area contributed by atoms with Gasteiger partial charge in [0, 0.05) is 23.9 Å². The van der Waals surface area contributed by atoms with Gasteiger partial charge in [-0.1, -0.05) is 13.8 Å². The summed E-state index contributed by atoms with van der Waals surface area (Å²) in [7, 11) is 1.64. The van der Waals surface area contributed by atoms with E-state index >= 15 is 0 Å². The van der Waals surface area contributed by atoms with Crippen LogP contribution in [0.2, 0.25) is 0 Å². The Balaban J connectivity index is 1.82. The Morgan fingerprint density at radius 1 is 1.16 bits per heavy atom. The first kappa shape index (κ1) is 21.5. The highest BCUT2D eigenvalue weighted by molar-refractivity contribution is 5.89. The molecule has 0 bridgehead atoms. The number of methoxy groups -OCH3 is 1. The second-order valence-electron chi connectivity index (χ2n) is 8.76. The third kappa shape index (κ3) is 4.08. The number of esters is 1. The fraction of sp³-hybridized carbons (Fsp3) is 0.520. The van der Waals surface area contributed by atoms with Crippen molar-refractivity contribution in [3.8, 4) is 22.8 Å². The summed E-state index contributed by atoms with van der Waals surface area (Å²) < 4.78 is 19.1. The minimum Gasteiger partial charge on any atom is -0.493 e. The van der Waals surface area contributed by atoms with Gasteiger partial charge in [0.25, 0.3) is 0 Å². The average molecular weight is 426 g/mol. The van der Waals surface area contributed by atoms with Crippen molar-refractivity contribution < 1.29 is 19.0 Å². The molecule has 1 aromatic heterocycles. The second kappa shape index (κ2) is 8.77. The molecule has 0 radical (unpaired) electrons. The first-order valence-corrected chi connectivity index (χ1v) is 11.2. The van der Waals surface area contributed by atoms with Crippen LogP contribution in [-0.4, -0.2) is 30.4 Å². The molecule has 0 unspecified atom stereocenters. The van der Waals surface area contributed by atoms with E-state index in [1.54, 1.807) is 26.3 Å². The van der Waals surface area contributed by atoms with Crippen LogP contribution in [0, 0.1) is 5.92 Å². The molecule has 0 spiro atoms. The number of aromatic nitrogens is 1. The molecular formula is C25H31NO5. The minimum absolute atomic E-state index is 0.0767. The van der Waals surface area contributed by atoms with Crippen molar-refractivity contribution in [3.05, 3.63) is 45.7 Å². The number of benzene rings is 1. The van der Waals surface area contributed by atoms with Crippen LogP contribution in [-0.2, 0) is 11.2 Å². The monoisotopic (exact) mass is 425 g/mol. The summed E-state index contributed by atoms with van der Waals surface area (Å²) in [6.07, 6.45) is 7.24. The zero-order valence-corrected chi connectivity index (χ0v) is 18.8. The molecule has 0 N–H and O–H groups in total. The first-order chi connectivity index (χ1) is 14.9. The highest BCUT2D eigenvalue weighted by Gasteiger charge is 2.30. The quantitative estimate of drug-likeness (QED) is 0.624. The number of hydrogen-bond donors (Lipinski definition) is 0. The van der Waals surface area contributed by atoms with Crippen LogP contribution in [0.1, 0.15) is 68.4 Å². The van der Waals surface area contributed by atoms with E-state index in [1.807, 2.05) is 6.07 Å². The Labute approximate surface area is 183 Å². The number of carbonyl (C=O) groups is 1. The number of carbonyl (C=O) groups excluding carboxylic acids is 1. The standard InChI is InChI=1S/C25H31NO5/c1-5-30-25(28)19-14-26-20(15(2)3)10-16-11-24(31-17-8-6-7-9-17)23(29-4)12-18(16)21(26)13-22(19)27/h11-15,17,20H,5-10H2,1-4H3/t20-/m0/s1. The lowest BCUT2D eigenvalue weighted by molar-refractivity contribution is 0.0523. The highest BCUT2D eigenvalue weighted by Crippen LogP contribution is 2.43. The molecular weight excluding hydrogens is 394 g/mol. The van der Waals surface area contributed by atoms with E-state index in [9.17, 15) is 9.59 Å². The zero-order chi connectivity index (χ0) is 22.1. The molecule has 6 nitrogen and oxygen atoms in total. The molecule has 1 aliphatic carbocycles. The summed E-state index contributed by atoms with van der Waals surface area (Å²) in [4.78, 5) is 25.1. The Hall–Kier alpha value is -2.76. The number of fused-ring (bicyclic) bond motifs is 3. The Morgan fingerprint density at radius 3 is 2.55 bits per heavy atom. The molecule has 1 atom stereocenters. The van der Waals surface area contributed by atoms with Gasteiger partial charge in [0.2, 0.25) is 0 Å². The number of pyridine rings is 1. The molecule has 2 aliphatic rings. The van der Waals surface area contributed by atoms with Crippen molar-refractivity contribution in [1.29, 1.82) is 0 Å². The van der Waals surface area contributed by atoms with Gasteiger partial charge in [0.15, 0.2) is 16.9 Å². The fourth-order valence-electron chi connectivity index (χ4n) is 4.73. The van der Waals surface area contributed by atoms with E-state index < -0.39 is 5.97 Å². The molecule has 0 amide bonds. The van der Waals surface area contributed by atoms with E-state index in [-0.39, 0.29) is 29.7 Å². The van der Waals surface area contributed by atoms with Gasteiger partial charge in [-0.3, -0.25) is 4.79 Å². The summed E-state index contributed by atoms with van der Waals surface area (Å²) in [6.45, 7) is 6.28. The maximum atomic E-state index is 12.8. The summed E-state index contributed by atoms with van der Waals surface area (Å²) in [6, 6.07) is 5.71. The van der Waals surface area contributed by atoms with Gasteiger partial charge in [-0.25, -0.2) is 4.79 Å². The van der Waals surface area contributed by atoms with Crippen LogP contribution in [0.15, 0.2) is 29.2 Å². The normalized spacial score (nSPS) is 17.9. The summed E-state index contributed by atoms with van der Waals surface area (Å²) in [5.41, 5.74) is 2.62. The van der Waals surface area contributed by atoms with Crippen LogP contribution in [0.25, 0.3) is 11.3 Å². The van der Waals surface area contributed by atoms with E-state index in [0.29, 0.717) is 11.7 Å². The predicted octanol–water partition coefficient (Wildman–Crippen LogP) is 4.78. The van der Waals surface area contributed by atoms with Crippen LogP contribution in [0.5, 0.6) is 11.5 Å². The smallest absolute Gasteiger partial charge is 0.343 e. The van der Waals surface area contributed by atoms with Crippen LogP contribution >= 0.6 is 0 Å². The maximum Gasteiger partial charge on any atom is 0.343 e. The molecule has 6 heteroatoms. The Bertz CT molecular complexity index is 1030. The number of nitrogens with zero attached hydrogens (tertiary/aromatic N) is 1. The number of rotatable bonds is 6. The number of hydrogen-bond acceptors (Lipinski definition) is 5. The maximum absolute atomic E-state index is 12.8. The first-order valence-electron chi connectivity index (χ1n) is 11.2. The Kier molecular flexibility index (Phi) is 6.08. The highest BCUT2D eigenvalue weighted by atomic mass is 16.5. The van der Waals surface area contributed by atoms with Gasteiger partial charge in [0.1, 0.15) is 5.56 Å². The van der Waals surface area contributed by atoms with E-state index in [0.717, 1.165) is 41.8 Å². The lowest BCUT2D eigenvalue weighted by Gasteiger charge is -2.34. The van der Waals surface area contributed by atoms with Crippen molar-refractivity contribution in [2.24, 2.45) is 5.92 Å². The van der Waals surface area contributed by atoms with Gasteiger partial charge < -0.3 is 18.8 Å². The topological polar surface area (TPSA) is 66.8 Å². The molecule has 2 heterocycles. The largest absolute Gasteiger partial charge is 0.493 e. The van der Waals surface area contributed by atoms with E-state index in [1.165, 1.54) is 12.8 Å². The van der Waals surface area contributed by atoms with Gasteiger partial charge in [-0.2, -0.15) is 0 Å². The van der Waals surface area contributed by atoms with Gasteiger partial charge in [0.05, 0.1) is 25.5 Å². The molecule has 4 rings (SSSR count). The van der Waals surface area contributed by atoms with Gasteiger partial charge >= 0.3 is 5.97 Å². The van der Waals surface area contributed by atoms with Crippen molar-refractivity contribution in [3.63, 3.8) is 0 Å². The predicted molar refractivity (Wildman–Crippen MR) is 119 cm³/mol. The van der Waals surface area contributed by atoms with Crippen LogP contribution in [0.4, 0.5) is 0 Å². The average Bonchev–Trinajstić information content (AvgIpc) is 3.25. The van der Waals surface area contributed by atoms with Crippen molar-refractivity contribution in [1.82, 2.24) is 4.57 Å². The minimum atomic E-state index is -0.575. The summed E-state index contributed by atoms with van der Waals surface area (Å²) >= 11 is 0. The van der Waals surface area contributed by atoms with Gasteiger partial charge in [-0.05, 0) is 62.6 Å². The van der Waals surface area contributed by atoms with Crippen molar-refractivity contribution in [2.75, 3.05) is 13.7 Å². The third-order valence-corrected chi connectivity index (χ3v) is 6.39. The molecule has 1 aliphatic heterocycles. The van der Waals surface area contributed by atoms with Crippen molar-refractivity contribution >= 4 is 5.97 Å². The van der Waals surface area contributed by atoms with E-state index in [2.05, 4.69) is 24.5 Å². The molecule has 1 fully saturated rings.